The number of rotatable bonds is 5. The van der Waals surface area contributed by atoms with E-state index >= 15 is 0 Å². The number of benzene rings is 1. The molecule has 7 nitrogen and oxygen atoms in total. The van der Waals surface area contributed by atoms with Crippen LogP contribution in [0.15, 0.2) is 65.8 Å². The molecule has 3 aromatic heterocycles. The molecule has 1 aliphatic rings. The Morgan fingerprint density at radius 2 is 1.88 bits per heavy atom. The number of aromatic amines is 1. The predicted molar refractivity (Wildman–Crippen MR) is 128 cm³/mol. The maximum Gasteiger partial charge on any atom is 0.259 e. The van der Waals surface area contributed by atoms with Gasteiger partial charge in [-0.1, -0.05) is 0 Å². The molecule has 0 saturated carbocycles. The summed E-state index contributed by atoms with van der Waals surface area (Å²) in [7, 11) is 1.62. The quantitative estimate of drug-likeness (QED) is 0.479. The van der Waals surface area contributed by atoms with Crippen LogP contribution in [-0.4, -0.2) is 35.2 Å². The number of pyridine rings is 3. The fraction of sp³-hybridized carbons (Fsp3) is 0.240. The maximum absolute atomic E-state index is 12.6. The summed E-state index contributed by atoms with van der Waals surface area (Å²) in [5.74, 6) is 1.17. The van der Waals surface area contributed by atoms with Crippen LogP contribution in [0.4, 0.5) is 17.2 Å². The highest BCUT2D eigenvalue weighted by molar-refractivity contribution is 5.95. The van der Waals surface area contributed by atoms with E-state index in [1.807, 2.05) is 24.3 Å². The highest BCUT2D eigenvalue weighted by atomic mass is 16.5. The molecule has 4 aromatic rings. The van der Waals surface area contributed by atoms with Gasteiger partial charge in [0.05, 0.1) is 23.8 Å². The van der Waals surface area contributed by atoms with E-state index in [1.54, 1.807) is 31.8 Å². The Morgan fingerprint density at radius 3 is 2.66 bits per heavy atom. The second-order valence-electron chi connectivity index (χ2n) is 7.92. The minimum atomic E-state index is -0.188. The minimum absolute atomic E-state index is 0.188. The van der Waals surface area contributed by atoms with Crippen molar-refractivity contribution in [3.63, 3.8) is 0 Å². The standard InChI is InChI=1S/C25H25N5O2/c1-32-22-10-11-26-16-20(22)21-15-17-9-12-27-25(31)23(17)24(29-21)28-18-5-7-19(8-6-18)30-13-3-2-4-14-30/h5-12,15-16H,2-4,13-14H2,1H3,(H,27,31)(H,28,29). The zero-order valence-electron chi connectivity index (χ0n) is 18.0. The van der Waals surface area contributed by atoms with Gasteiger partial charge in [-0.3, -0.25) is 9.78 Å². The first-order valence-electron chi connectivity index (χ1n) is 10.9. The van der Waals surface area contributed by atoms with Crippen molar-refractivity contribution < 1.29 is 4.74 Å². The Balaban J connectivity index is 1.54. The molecular formula is C25H25N5O2. The van der Waals surface area contributed by atoms with Crippen molar-refractivity contribution in [1.82, 2.24) is 15.0 Å². The molecule has 1 fully saturated rings. The summed E-state index contributed by atoms with van der Waals surface area (Å²) >= 11 is 0. The summed E-state index contributed by atoms with van der Waals surface area (Å²) in [6.45, 7) is 2.20. The van der Waals surface area contributed by atoms with E-state index in [4.69, 9.17) is 9.72 Å². The third kappa shape index (κ3) is 3.89. The third-order valence-corrected chi connectivity index (χ3v) is 5.88. The van der Waals surface area contributed by atoms with Crippen LogP contribution in [0.1, 0.15) is 19.3 Å². The lowest BCUT2D eigenvalue weighted by atomic mass is 10.1. The smallest absolute Gasteiger partial charge is 0.259 e. The molecule has 162 valence electrons. The summed E-state index contributed by atoms with van der Waals surface area (Å²) in [4.78, 5) is 26.8. The van der Waals surface area contributed by atoms with E-state index in [9.17, 15) is 4.79 Å². The number of ether oxygens (including phenoxy) is 1. The van der Waals surface area contributed by atoms with Gasteiger partial charge in [0.25, 0.3) is 5.56 Å². The zero-order valence-corrected chi connectivity index (χ0v) is 18.0. The summed E-state index contributed by atoms with van der Waals surface area (Å²) < 4.78 is 5.49. The first kappa shape index (κ1) is 20.1. The van der Waals surface area contributed by atoms with Crippen LogP contribution in [0.5, 0.6) is 5.75 Å². The number of hydrogen-bond acceptors (Lipinski definition) is 6. The van der Waals surface area contributed by atoms with Gasteiger partial charge in [0.1, 0.15) is 11.6 Å². The van der Waals surface area contributed by atoms with Crippen molar-refractivity contribution in [3.05, 3.63) is 71.4 Å². The molecule has 1 aromatic carbocycles. The van der Waals surface area contributed by atoms with E-state index in [-0.39, 0.29) is 5.56 Å². The van der Waals surface area contributed by atoms with Crippen LogP contribution in [0.3, 0.4) is 0 Å². The molecule has 1 saturated heterocycles. The number of anilines is 3. The van der Waals surface area contributed by atoms with Crippen molar-refractivity contribution in [3.8, 4) is 17.0 Å². The number of aromatic nitrogens is 3. The van der Waals surface area contributed by atoms with Crippen LogP contribution in [0.25, 0.3) is 22.0 Å². The van der Waals surface area contributed by atoms with Gasteiger partial charge in [0.2, 0.25) is 0 Å². The average Bonchev–Trinajstić information content (AvgIpc) is 2.85. The lowest BCUT2D eigenvalue weighted by Gasteiger charge is -2.28. The third-order valence-electron chi connectivity index (χ3n) is 5.88. The van der Waals surface area contributed by atoms with Crippen molar-refractivity contribution in [2.24, 2.45) is 0 Å². The summed E-state index contributed by atoms with van der Waals surface area (Å²) in [6, 6.07) is 13.9. The molecule has 1 aliphatic heterocycles. The fourth-order valence-corrected chi connectivity index (χ4v) is 4.24. The second-order valence-corrected chi connectivity index (χ2v) is 7.92. The van der Waals surface area contributed by atoms with Crippen LogP contribution >= 0.6 is 0 Å². The van der Waals surface area contributed by atoms with E-state index in [1.165, 1.54) is 24.9 Å². The highest BCUT2D eigenvalue weighted by Crippen LogP contribution is 2.32. The molecule has 7 heteroatoms. The SMILES string of the molecule is COc1ccncc1-c1cc2cc[nH]c(=O)c2c(Nc2ccc(N3CCCCC3)cc2)n1. The van der Waals surface area contributed by atoms with Crippen molar-refractivity contribution >= 4 is 28.0 Å². The van der Waals surface area contributed by atoms with Crippen molar-refractivity contribution in [2.75, 3.05) is 30.4 Å². The Morgan fingerprint density at radius 1 is 1.06 bits per heavy atom. The first-order chi connectivity index (χ1) is 15.7. The number of nitrogens with one attached hydrogen (secondary N) is 2. The van der Waals surface area contributed by atoms with Crippen LogP contribution in [0, 0.1) is 0 Å². The van der Waals surface area contributed by atoms with Crippen LogP contribution < -0.4 is 20.5 Å². The lowest BCUT2D eigenvalue weighted by Crippen LogP contribution is -2.29. The molecule has 5 rings (SSSR count). The first-order valence-corrected chi connectivity index (χ1v) is 10.9. The van der Waals surface area contributed by atoms with Gasteiger partial charge in [-0.25, -0.2) is 4.98 Å². The predicted octanol–water partition coefficient (Wildman–Crippen LogP) is 4.73. The Hall–Kier alpha value is -3.87. The molecule has 0 atom stereocenters. The number of fused-ring (bicyclic) bond motifs is 1. The normalized spacial score (nSPS) is 13.8. The summed E-state index contributed by atoms with van der Waals surface area (Å²) in [6.07, 6.45) is 8.83. The molecule has 32 heavy (non-hydrogen) atoms. The molecule has 0 amide bonds. The molecular weight excluding hydrogens is 402 g/mol. The van der Waals surface area contributed by atoms with Gasteiger partial charge in [-0.15, -0.1) is 0 Å². The van der Waals surface area contributed by atoms with E-state index in [2.05, 4.69) is 32.3 Å². The van der Waals surface area contributed by atoms with Gasteiger partial charge in [-0.2, -0.15) is 0 Å². The lowest BCUT2D eigenvalue weighted by molar-refractivity contribution is 0.416. The average molecular weight is 428 g/mol. The number of methoxy groups -OCH3 is 1. The number of piperidine rings is 1. The van der Waals surface area contributed by atoms with Crippen LogP contribution in [-0.2, 0) is 0 Å². The number of H-pyrrole nitrogens is 1. The molecule has 0 aliphatic carbocycles. The van der Waals surface area contributed by atoms with Gasteiger partial charge < -0.3 is 19.9 Å². The molecule has 0 spiro atoms. The molecule has 0 unspecified atom stereocenters. The highest BCUT2D eigenvalue weighted by Gasteiger charge is 2.15. The van der Waals surface area contributed by atoms with Gasteiger partial charge >= 0.3 is 0 Å². The molecule has 0 radical (unpaired) electrons. The molecule has 0 bridgehead atoms. The van der Waals surface area contributed by atoms with E-state index in [0.29, 0.717) is 22.6 Å². The Bertz CT molecular complexity index is 1290. The number of hydrogen-bond donors (Lipinski definition) is 2. The topological polar surface area (TPSA) is 83.1 Å². The Labute approximate surface area is 186 Å². The fourth-order valence-electron chi connectivity index (χ4n) is 4.24. The maximum atomic E-state index is 12.6. The molecule has 2 N–H and O–H groups in total. The van der Waals surface area contributed by atoms with Gasteiger partial charge in [0.15, 0.2) is 0 Å². The Kier molecular flexibility index (Phi) is 5.46. The monoisotopic (exact) mass is 427 g/mol. The largest absolute Gasteiger partial charge is 0.496 e. The van der Waals surface area contributed by atoms with Crippen molar-refractivity contribution in [1.29, 1.82) is 0 Å². The van der Waals surface area contributed by atoms with E-state index in [0.717, 1.165) is 29.7 Å². The zero-order chi connectivity index (χ0) is 21.9. The minimum Gasteiger partial charge on any atom is -0.496 e. The summed E-state index contributed by atoms with van der Waals surface area (Å²) in [5.41, 5.74) is 3.35. The molecule has 4 heterocycles. The van der Waals surface area contributed by atoms with Crippen molar-refractivity contribution in [2.45, 2.75) is 19.3 Å². The van der Waals surface area contributed by atoms with Crippen LogP contribution in [0.2, 0.25) is 0 Å². The van der Waals surface area contributed by atoms with Gasteiger partial charge in [0, 0.05) is 43.1 Å². The van der Waals surface area contributed by atoms with Gasteiger partial charge in [-0.05, 0) is 67.1 Å². The second kappa shape index (κ2) is 8.70. The summed E-state index contributed by atoms with van der Waals surface area (Å²) in [5, 5.41) is 4.66. The number of nitrogens with zero attached hydrogens (tertiary/aromatic N) is 3. The van der Waals surface area contributed by atoms with E-state index < -0.39 is 0 Å².